The van der Waals surface area contributed by atoms with Crippen LogP contribution in [-0.2, 0) is 12.8 Å². The minimum atomic E-state index is 0.0800. The molecule has 3 rings (SSSR count). The van der Waals surface area contributed by atoms with Crippen LogP contribution in [0.5, 0.6) is 5.75 Å². The first-order valence-electron chi connectivity index (χ1n) is 8.90. The van der Waals surface area contributed by atoms with E-state index in [1.54, 1.807) is 7.11 Å². The van der Waals surface area contributed by atoms with Crippen molar-refractivity contribution < 1.29 is 13.9 Å². The number of aromatic nitrogens is 2. The summed E-state index contributed by atoms with van der Waals surface area (Å²) >= 11 is 1.26. The minimum Gasteiger partial charge on any atom is -0.497 e. The molecule has 2 aromatic carbocycles. The van der Waals surface area contributed by atoms with Crippen LogP contribution < -0.4 is 4.74 Å². The summed E-state index contributed by atoms with van der Waals surface area (Å²) in [4.78, 5) is 12.7. The number of ketones is 1. The second-order valence-electron chi connectivity index (χ2n) is 6.01. The van der Waals surface area contributed by atoms with Crippen molar-refractivity contribution in [1.82, 2.24) is 10.2 Å². The van der Waals surface area contributed by atoms with Crippen LogP contribution in [0.15, 0.2) is 52.1 Å². The van der Waals surface area contributed by atoms with Gasteiger partial charge in [-0.3, -0.25) is 4.79 Å². The molecule has 6 heteroatoms. The number of aryl methyl sites for hydroxylation is 2. The lowest BCUT2D eigenvalue weighted by Gasteiger charge is -2.08. The Morgan fingerprint density at radius 1 is 1.07 bits per heavy atom. The van der Waals surface area contributed by atoms with Gasteiger partial charge in [-0.1, -0.05) is 37.7 Å². The molecule has 0 aliphatic heterocycles. The molecule has 0 amide bonds. The summed E-state index contributed by atoms with van der Waals surface area (Å²) in [5, 5.41) is 8.49. The molecule has 0 aliphatic rings. The van der Waals surface area contributed by atoms with Gasteiger partial charge in [-0.15, -0.1) is 10.2 Å². The standard InChI is InChI=1S/C21H22N2O3S/c1-4-14-6-7-15(5-2)18(12-14)19(24)13-27-21-23-22-20(26-21)16-8-10-17(25-3)11-9-16/h6-12H,4-5,13H2,1-3H3. The van der Waals surface area contributed by atoms with E-state index in [9.17, 15) is 4.79 Å². The van der Waals surface area contributed by atoms with Crippen LogP contribution in [-0.4, -0.2) is 28.8 Å². The molecule has 27 heavy (non-hydrogen) atoms. The predicted molar refractivity (Wildman–Crippen MR) is 107 cm³/mol. The number of hydrogen-bond donors (Lipinski definition) is 0. The first-order valence-corrected chi connectivity index (χ1v) is 9.88. The zero-order chi connectivity index (χ0) is 19.2. The van der Waals surface area contributed by atoms with Gasteiger partial charge in [-0.05, 0) is 54.3 Å². The van der Waals surface area contributed by atoms with Gasteiger partial charge in [0.2, 0.25) is 5.89 Å². The number of thioether (sulfide) groups is 1. The fraction of sp³-hybridized carbons (Fsp3) is 0.286. The molecule has 0 unspecified atom stereocenters. The number of benzene rings is 2. The van der Waals surface area contributed by atoms with Crippen molar-refractivity contribution in [3.63, 3.8) is 0 Å². The zero-order valence-electron chi connectivity index (χ0n) is 15.7. The van der Waals surface area contributed by atoms with Gasteiger partial charge in [0.15, 0.2) is 5.78 Å². The van der Waals surface area contributed by atoms with Gasteiger partial charge in [0.1, 0.15) is 5.75 Å². The van der Waals surface area contributed by atoms with Gasteiger partial charge in [-0.25, -0.2) is 0 Å². The van der Waals surface area contributed by atoms with Crippen molar-refractivity contribution in [1.29, 1.82) is 0 Å². The third-order valence-corrected chi connectivity index (χ3v) is 5.15. The Morgan fingerprint density at radius 2 is 1.85 bits per heavy atom. The summed E-state index contributed by atoms with van der Waals surface area (Å²) in [5.41, 5.74) is 3.84. The highest BCUT2D eigenvalue weighted by atomic mass is 32.2. The number of ether oxygens (including phenoxy) is 1. The number of nitrogens with zero attached hydrogens (tertiary/aromatic N) is 2. The molecular weight excluding hydrogens is 360 g/mol. The van der Waals surface area contributed by atoms with Gasteiger partial charge in [-0.2, -0.15) is 0 Å². The van der Waals surface area contributed by atoms with E-state index in [4.69, 9.17) is 9.15 Å². The van der Waals surface area contributed by atoms with Crippen molar-refractivity contribution in [3.8, 4) is 17.2 Å². The van der Waals surface area contributed by atoms with E-state index in [1.807, 2.05) is 36.4 Å². The van der Waals surface area contributed by atoms with Crippen molar-refractivity contribution in [2.24, 2.45) is 0 Å². The zero-order valence-corrected chi connectivity index (χ0v) is 16.5. The highest BCUT2D eigenvalue weighted by molar-refractivity contribution is 7.99. The Balaban J connectivity index is 1.68. The molecule has 0 spiro atoms. The molecule has 1 heterocycles. The molecule has 1 aromatic heterocycles. The van der Waals surface area contributed by atoms with Crippen molar-refractivity contribution in [3.05, 3.63) is 59.2 Å². The summed E-state index contributed by atoms with van der Waals surface area (Å²) < 4.78 is 10.8. The van der Waals surface area contributed by atoms with Crippen molar-refractivity contribution in [2.75, 3.05) is 12.9 Å². The topological polar surface area (TPSA) is 65.2 Å². The second-order valence-corrected chi connectivity index (χ2v) is 6.94. The molecule has 0 atom stereocenters. The smallest absolute Gasteiger partial charge is 0.277 e. The highest BCUT2D eigenvalue weighted by Gasteiger charge is 2.15. The number of methoxy groups -OCH3 is 1. The molecule has 0 radical (unpaired) electrons. The Bertz CT molecular complexity index is 919. The van der Waals surface area contributed by atoms with Crippen LogP contribution in [0, 0.1) is 0 Å². The van der Waals surface area contributed by atoms with Crippen LogP contribution in [0.3, 0.4) is 0 Å². The van der Waals surface area contributed by atoms with Crippen molar-refractivity contribution >= 4 is 17.5 Å². The van der Waals surface area contributed by atoms with Gasteiger partial charge in [0.25, 0.3) is 5.22 Å². The van der Waals surface area contributed by atoms with Crippen LogP contribution >= 0.6 is 11.8 Å². The van der Waals surface area contributed by atoms with Gasteiger partial charge in [0.05, 0.1) is 12.9 Å². The fourth-order valence-electron chi connectivity index (χ4n) is 2.73. The average molecular weight is 382 g/mol. The first-order chi connectivity index (χ1) is 13.1. The minimum absolute atomic E-state index is 0.0800. The molecule has 0 fully saturated rings. The summed E-state index contributed by atoms with van der Waals surface area (Å²) in [7, 11) is 1.62. The lowest BCUT2D eigenvalue weighted by Crippen LogP contribution is -2.07. The number of Topliss-reactive ketones (excluding diaryl/α,β-unsaturated/α-hetero) is 1. The van der Waals surface area contributed by atoms with E-state index in [0.717, 1.165) is 35.3 Å². The largest absolute Gasteiger partial charge is 0.497 e. The number of carbonyl (C=O) groups excluding carboxylic acids is 1. The molecular formula is C21H22N2O3S. The molecule has 140 valence electrons. The van der Waals surface area contributed by atoms with Crippen LogP contribution in [0.25, 0.3) is 11.5 Å². The van der Waals surface area contributed by atoms with Gasteiger partial charge >= 0.3 is 0 Å². The van der Waals surface area contributed by atoms with Crippen LogP contribution in [0.2, 0.25) is 0 Å². The third-order valence-electron chi connectivity index (χ3n) is 4.33. The fourth-order valence-corrected chi connectivity index (χ4v) is 3.38. The molecule has 0 bridgehead atoms. The van der Waals surface area contributed by atoms with E-state index in [0.29, 0.717) is 11.1 Å². The monoisotopic (exact) mass is 382 g/mol. The van der Waals surface area contributed by atoms with E-state index < -0.39 is 0 Å². The number of carbonyl (C=O) groups is 1. The lowest BCUT2D eigenvalue weighted by atomic mass is 9.98. The predicted octanol–water partition coefficient (Wildman–Crippen LogP) is 4.85. The summed E-state index contributed by atoms with van der Waals surface area (Å²) in [5.74, 6) is 1.54. The molecule has 0 aliphatic carbocycles. The summed E-state index contributed by atoms with van der Waals surface area (Å²) in [6.45, 7) is 4.15. The first kappa shape index (κ1) is 19.2. The maximum atomic E-state index is 12.7. The third kappa shape index (κ3) is 4.57. The van der Waals surface area contributed by atoms with Crippen LogP contribution in [0.4, 0.5) is 0 Å². The van der Waals surface area contributed by atoms with E-state index in [1.165, 1.54) is 17.3 Å². The van der Waals surface area contributed by atoms with Gasteiger partial charge in [0, 0.05) is 11.1 Å². The Hall–Kier alpha value is -2.60. The number of rotatable bonds is 8. The Morgan fingerprint density at radius 3 is 2.52 bits per heavy atom. The van der Waals surface area contributed by atoms with Crippen LogP contribution in [0.1, 0.15) is 35.3 Å². The molecule has 0 saturated heterocycles. The average Bonchev–Trinajstić information content (AvgIpc) is 3.20. The Kier molecular flexibility index (Phi) is 6.29. The van der Waals surface area contributed by atoms with E-state index in [-0.39, 0.29) is 11.5 Å². The van der Waals surface area contributed by atoms with Gasteiger partial charge < -0.3 is 9.15 Å². The highest BCUT2D eigenvalue weighted by Crippen LogP contribution is 2.26. The molecule has 5 nitrogen and oxygen atoms in total. The SMILES string of the molecule is CCc1ccc(CC)c(C(=O)CSc2nnc(-c3ccc(OC)cc3)o2)c1. The molecule has 0 saturated carbocycles. The number of hydrogen-bond acceptors (Lipinski definition) is 6. The molecule has 3 aromatic rings. The summed E-state index contributed by atoms with van der Waals surface area (Å²) in [6.07, 6.45) is 1.74. The lowest BCUT2D eigenvalue weighted by molar-refractivity contribution is 0.102. The maximum absolute atomic E-state index is 12.7. The summed E-state index contributed by atoms with van der Waals surface area (Å²) in [6, 6.07) is 13.5. The van der Waals surface area contributed by atoms with E-state index >= 15 is 0 Å². The normalized spacial score (nSPS) is 10.8. The molecule has 0 N–H and O–H groups in total. The van der Waals surface area contributed by atoms with Crippen molar-refractivity contribution in [2.45, 2.75) is 31.9 Å². The van der Waals surface area contributed by atoms with E-state index in [2.05, 4.69) is 30.1 Å². The Labute approximate surface area is 163 Å². The maximum Gasteiger partial charge on any atom is 0.277 e. The second kappa shape index (κ2) is 8.86. The quantitative estimate of drug-likeness (QED) is 0.410.